The smallest absolute Gasteiger partial charge is 0.138 e. The number of aryl methyl sites for hydroxylation is 1. The van der Waals surface area contributed by atoms with Crippen LogP contribution in [0.15, 0.2) is 55.1 Å². The van der Waals surface area contributed by atoms with Crippen LogP contribution in [-0.4, -0.2) is 31.0 Å². The van der Waals surface area contributed by atoms with Crippen molar-refractivity contribution < 1.29 is 0 Å². The molecule has 5 heteroatoms. The Morgan fingerprint density at radius 3 is 2.84 bits per heavy atom. The van der Waals surface area contributed by atoms with E-state index < -0.39 is 0 Å². The van der Waals surface area contributed by atoms with E-state index in [2.05, 4.69) is 56.7 Å². The molecule has 0 N–H and O–H groups in total. The first-order valence-corrected chi connectivity index (χ1v) is 8.97. The first kappa shape index (κ1) is 16.0. The molecular weight excluding hydrogens is 310 g/mol. The van der Waals surface area contributed by atoms with Gasteiger partial charge in [0.2, 0.25) is 0 Å². The van der Waals surface area contributed by atoms with Gasteiger partial charge in [-0.05, 0) is 49.2 Å². The van der Waals surface area contributed by atoms with E-state index in [0.29, 0.717) is 6.04 Å². The highest BCUT2D eigenvalue weighted by Gasteiger charge is 2.27. The third-order valence-corrected chi connectivity index (χ3v) is 4.88. The number of pyridine rings is 2. The molecule has 1 atom stereocenters. The molecule has 0 spiro atoms. The zero-order valence-electron chi connectivity index (χ0n) is 14.5. The lowest BCUT2D eigenvalue weighted by molar-refractivity contribution is 0.244. The van der Waals surface area contributed by atoms with Gasteiger partial charge in [-0.15, -0.1) is 0 Å². The van der Waals surface area contributed by atoms with Crippen LogP contribution in [0.4, 0.5) is 0 Å². The number of nitrogens with zero attached hydrogens (tertiary/aromatic N) is 5. The number of hydrogen-bond acceptors (Lipinski definition) is 4. The molecule has 3 aromatic rings. The summed E-state index contributed by atoms with van der Waals surface area (Å²) in [6.45, 7) is 4.19. The number of likely N-dealkylation sites (tertiary alicyclic amines) is 1. The van der Waals surface area contributed by atoms with Crippen LogP contribution < -0.4 is 0 Å². The quantitative estimate of drug-likeness (QED) is 0.716. The fourth-order valence-corrected chi connectivity index (χ4v) is 3.64. The van der Waals surface area contributed by atoms with Crippen molar-refractivity contribution in [3.8, 4) is 5.82 Å². The molecule has 128 valence electrons. The van der Waals surface area contributed by atoms with Gasteiger partial charge >= 0.3 is 0 Å². The van der Waals surface area contributed by atoms with E-state index in [1.807, 2.05) is 24.8 Å². The maximum Gasteiger partial charge on any atom is 0.138 e. The lowest BCUT2D eigenvalue weighted by Gasteiger charge is -2.24. The van der Waals surface area contributed by atoms with E-state index in [0.717, 1.165) is 43.3 Å². The fourth-order valence-electron chi connectivity index (χ4n) is 3.64. The molecule has 25 heavy (non-hydrogen) atoms. The van der Waals surface area contributed by atoms with E-state index >= 15 is 0 Å². The molecule has 0 amide bonds. The second kappa shape index (κ2) is 7.15. The van der Waals surface area contributed by atoms with Crippen molar-refractivity contribution in [2.45, 2.75) is 38.8 Å². The Bertz CT molecular complexity index is 827. The van der Waals surface area contributed by atoms with Crippen molar-refractivity contribution in [1.29, 1.82) is 0 Å². The lowest BCUT2D eigenvalue weighted by Crippen LogP contribution is -2.23. The largest absolute Gasteiger partial charge is 0.291 e. The standard InChI is InChI=1S/C20H23N5/c1-2-19-22-12-14-25(19)20-7-3-5-17(23-20)18-6-4-13-24(18)15-16-8-10-21-11-9-16/h3,5,7-12,14,18H,2,4,6,13,15H2,1H3/t18-/m1/s1. The SMILES string of the molecule is CCc1nccn1-c1cccc([C@H]2CCCN2Cc2ccncc2)n1. The summed E-state index contributed by atoms with van der Waals surface area (Å²) < 4.78 is 2.09. The second-order valence-corrected chi connectivity index (χ2v) is 6.47. The Morgan fingerprint density at radius 1 is 1.12 bits per heavy atom. The van der Waals surface area contributed by atoms with Gasteiger partial charge in [0.1, 0.15) is 11.6 Å². The molecule has 1 aliphatic rings. The van der Waals surface area contributed by atoms with Gasteiger partial charge in [0.15, 0.2) is 0 Å². The molecular formula is C20H23N5. The molecule has 3 aromatic heterocycles. The molecule has 1 aliphatic heterocycles. The minimum atomic E-state index is 0.377. The Hall–Kier alpha value is -2.53. The minimum Gasteiger partial charge on any atom is -0.291 e. The maximum atomic E-state index is 4.97. The van der Waals surface area contributed by atoms with Gasteiger partial charge in [0.25, 0.3) is 0 Å². The van der Waals surface area contributed by atoms with Crippen LogP contribution in [0.2, 0.25) is 0 Å². The zero-order valence-corrected chi connectivity index (χ0v) is 14.5. The highest BCUT2D eigenvalue weighted by Crippen LogP contribution is 2.32. The van der Waals surface area contributed by atoms with E-state index in [4.69, 9.17) is 4.98 Å². The van der Waals surface area contributed by atoms with E-state index in [9.17, 15) is 0 Å². The molecule has 1 fully saturated rings. The average molecular weight is 333 g/mol. The summed E-state index contributed by atoms with van der Waals surface area (Å²) in [5.41, 5.74) is 2.46. The minimum absolute atomic E-state index is 0.377. The Balaban J connectivity index is 1.59. The molecule has 0 unspecified atom stereocenters. The van der Waals surface area contributed by atoms with Gasteiger partial charge < -0.3 is 0 Å². The van der Waals surface area contributed by atoms with Gasteiger partial charge in [-0.1, -0.05) is 13.0 Å². The van der Waals surface area contributed by atoms with Crippen molar-refractivity contribution in [2.75, 3.05) is 6.54 Å². The highest BCUT2D eigenvalue weighted by molar-refractivity contribution is 5.28. The zero-order chi connectivity index (χ0) is 17.1. The van der Waals surface area contributed by atoms with Crippen LogP contribution in [0.1, 0.15) is 42.9 Å². The maximum absolute atomic E-state index is 4.97. The summed E-state index contributed by atoms with van der Waals surface area (Å²) >= 11 is 0. The molecule has 0 bridgehead atoms. The number of aromatic nitrogens is 4. The Kier molecular flexibility index (Phi) is 4.57. The van der Waals surface area contributed by atoms with Crippen LogP contribution in [0.25, 0.3) is 5.82 Å². The van der Waals surface area contributed by atoms with E-state index in [1.165, 1.54) is 12.0 Å². The Morgan fingerprint density at radius 2 is 2.00 bits per heavy atom. The van der Waals surface area contributed by atoms with Crippen molar-refractivity contribution in [3.05, 3.63) is 72.2 Å². The topological polar surface area (TPSA) is 46.8 Å². The number of hydrogen-bond donors (Lipinski definition) is 0. The summed E-state index contributed by atoms with van der Waals surface area (Å²) in [6, 6.07) is 10.9. The molecule has 0 saturated carbocycles. The van der Waals surface area contributed by atoms with E-state index in [-0.39, 0.29) is 0 Å². The molecule has 5 nitrogen and oxygen atoms in total. The average Bonchev–Trinajstić information content (AvgIpc) is 3.32. The lowest BCUT2D eigenvalue weighted by atomic mass is 10.1. The van der Waals surface area contributed by atoms with Gasteiger partial charge in [-0.3, -0.25) is 14.5 Å². The molecule has 1 saturated heterocycles. The van der Waals surface area contributed by atoms with Crippen LogP contribution in [0, 0.1) is 0 Å². The van der Waals surface area contributed by atoms with Crippen molar-refractivity contribution >= 4 is 0 Å². The number of imidazole rings is 1. The number of rotatable bonds is 5. The van der Waals surface area contributed by atoms with Gasteiger partial charge in [-0.2, -0.15) is 0 Å². The predicted molar refractivity (Wildman–Crippen MR) is 97.4 cm³/mol. The predicted octanol–water partition coefficient (Wildman–Crippen LogP) is 3.56. The molecule has 4 rings (SSSR count). The molecule has 0 aliphatic carbocycles. The van der Waals surface area contributed by atoms with Gasteiger partial charge in [0, 0.05) is 37.8 Å². The normalized spacial score (nSPS) is 17.9. The van der Waals surface area contributed by atoms with Crippen LogP contribution in [-0.2, 0) is 13.0 Å². The summed E-state index contributed by atoms with van der Waals surface area (Å²) in [4.78, 5) is 16.0. The van der Waals surface area contributed by atoms with Gasteiger partial charge in [-0.25, -0.2) is 9.97 Å². The highest BCUT2D eigenvalue weighted by atomic mass is 15.2. The third-order valence-electron chi connectivity index (χ3n) is 4.88. The monoisotopic (exact) mass is 333 g/mol. The van der Waals surface area contributed by atoms with Crippen LogP contribution >= 0.6 is 0 Å². The summed E-state index contributed by atoms with van der Waals surface area (Å²) in [5, 5.41) is 0. The second-order valence-electron chi connectivity index (χ2n) is 6.47. The van der Waals surface area contributed by atoms with Crippen molar-refractivity contribution in [3.63, 3.8) is 0 Å². The summed E-state index contributed by atoms with van der Waals surface area (Å²) in [7, 11) is 0. The molecule has 4 heterocycles. The van der Waals surface area contributed by atoms with Crippen molar-refractivity contribution in [2.24, 2.45) is 0 Å². The van der Waals surface area contributed by atoms with E-state index in [1.54, 1.807) is 0 Å². The Labute approximate surface area is 148 Å². The first-order chi connectivity index (χ1) is 12.3. The first-order valence-electron chi connectivity index (χ1n) is 8.97. The van der Waals surface area contributed by atoms with Crippen molar-refractivity contribution in [1.82, 2.24) is 24.4 Å². The molecule has 0 aromatic carbocycles. The summed E-state index contributed by atoms with van der Waals surface area (Å²) in [6.07, 6.45) is 10.8. The molecule has 0 radical (unpaired) electrons. The third kappa shape index (κ3) is 3.33. The fraction of sp³-hybridized carbons (Fsp3) is 0.350. The van der Waals surface area contributed by atoms with Crippen LogP contribution in [0.5, 0.6) is 0 Å². The van der Waals surface area contributed by atoms with Crippen LogP contribution in [0.3, 0.4) is 0 Å². The summed E-state index contributed by atoms with van der Waals surface area (Å²) in [5.74, 6) is 2.01. The van der Waals surface area contributed by atoms with Gasteiger partial charge in [0.05, 0.1) is 11.7 Å².